The molecule has 0 aromatic rings. The van der Waals surface area contributed by atoms with Crippen molar-refractivity contribution in [3.63, 3.8) is 0 Å². The predicted molar refractivity (Wildman–Crippen MR) is 50.3 cm³/mol. The number of esters is 1. The first-order valence-electron chi connectivity index (χ1n) is 3.96. The van der Waals surface area contributed by atoms with Gasteiger partial charge in [-0.1, -0.05) is 15.9 Å². The van der Waals surface area contributed by atoms with Crippen LogP contribution < -0.4 is 0 Å². The zero-order valence-electron chi connectivity index (χ0n) is 7.47. The Bertz CT molecular complexity index is 145. The van der Waals surface area contributed by atoms with E-state index in [0.29, 0.717) is 18.4 Å². The molecule has 1 unspecified atom stereocenters. The summed E-state index contributed by atoms with van der Waals surface area (Å²) >= 11 is 3.16. The Morgan fingerprint density at radius 2 is 2.25 bits per heavy atom. The van der Waals surface area contributed by atoms with Crippen LogP contribution in [0.3, 0.4) is 0 Å². The van der Waals surface area contributed by atoms with Crippen molar-refractivity contribution in [2.75, 3.05) is 11.9 Å². The standard InChI is InChI=1S/C8H15BrO3/c1-3-12-7(10)4-5-8(2,11)6-9/h11H,3-6H2,1-2H3. The molecule has 0 heterocycles. The number of hydrogen-bond donors (Lipinski definition) is 1. The number of carbonyl (C=O) groups excluding carboxylic acids is 1. The minimum Gasteiger partial charge on any atom is -0.466 e. The van der Waals surface area contributed by atoms with Crippen LogP contribution in [0.5, 0.6) is 0 Å². The van der Waals surface area contributed by atoms with E-state index in [1.165, 1.54) is 0 Å². The van der Waals surface area contributed by atoms with Gasteiger partial charge in [-0.05, 0) is 20.3 Å². The highest BCUT2D eigenvalue weighted by atomic mass is 79.9. The summed E-state index contributed by atoms with van der Waals surface area (Å²) in [6.45, 7) is 3.84. The zero-order valence-corrected chi connectivity index (χ0v) is 9.06. The van der Waals surface area contributed by atoms with Crippen LogP contribution in [-0.2, 0) is 9.53 Å². The lowest BCUT2D eigenvalue weighted by atomic mass is 10.0. The summed E-state index contributed by atoms with van der Waals surface area (Å²) < 4.78 is 4.72. The monoisotopic (exact) mass is 238 g/mol. The van der Waals surface area contributed by atoms with Crippen molar-refractivity contribution in [2.45, 2.75) is 32.3 Å². The van der Waals surface area contributed by atoms with Crippen molar-refractivity contribution in [3.05, 3.63) is 0 Å². The van der Waals surface area contributed by atoms with Crippen molar-refractivity contribution in [1.29, 1.82) is 0 Å². The van der Waals surface area contributed by atoms with Crippen molar-refractivity contribution < 1.29 is 14.6 Å². The van der Waals surface area contributed by atoms with Gasteiger partial charge in [0.25, 0.3) is 0 Å². The van der Waals surface area contributed by atoms with E-state index < -0.39 is 5.60 Å². The minimum absolute atomic E-state index is 0.251. The van der Waals surface area contributed by atoms with Gasteiger partial charge >= 0.3 is 5.97 Å². The average Bonchev–Trinajstić information content (AvgIpc) is 2.02. The molecule has 0 aliphatic carbocycles. The van der Waals surface area contributed by atoms with Gasteiger partial charge in [-0.3, -0.25) is 4.79 Å². The molecule has 0 rings (SSSR count). The van der Waals surface area contributed by atoms with E-state index in [0.717, 1.165) is 0 Å². The maximum atomic E-state index is 10.9. The van der Waals surface area contributed by atoms with Gasteiger partial charge in [0.15, 0.2) is 0 Å². The summed E-state index contributed by atoms with van der Waals surface area (Å²) in [4.78, 5) is 10.9. The van der Waals surface area contributed by atoms with E-state index >= 15 is 0 Å². The highest BCUT2D eigenvalue weighted by Gasteiger charge is 2.19. The summed E-state index contributed by atoms with van der Waals surface area (Å²) in [6, 6.07) is 0. The van der Waals surface area contributed by atoms with Crippen molar-refractivity contribution in [3.8, 4) is 0 Å². The second kappa shape index (κ2) is 5.54. The molecule has 0 aliphatic heterocycles. The molecule has 3 nitrogen and oxygen atoms in total. The first-order valence-corrected chi connectivity index (χ1v) is 5.08. The van der Waals surface area contributed by atoms with E-state index in [2.05, 4.69) is 15.9 Å². The van der Waals surface area contributed by atoms with Gasteiger partial charge in [0.2, 0.25) is 0 Å². The molecule has 0 bridgehead atoms. The van der Waals surface area contributed by atoms with E-state index in [1.54, 1.807) is 13.8 Å². The van der Waals surface area contributed by atoms with E-state index in [1.807, 2.05) is 0 Å². The number of rotatable bonds is 5. The third kappa shape index (κ3) is 5.55. The summed E-state index contributed by atoms with van der Waals surface area (Å²) in [6.07, 6.45) is 0.698. The Balaban J connectivity index is 3.60. The average molecular weight is 239 g/mol. The first kappa shape index (κ1) is 11.9. The van der Waals surface area contributed by atoms with E-state index in [4.69, 9.17) is 4.74 Å². The van der Waals surface area contributed by atoms with Gasteiger partial charge in [0, 0.05) is 11.8 Å². The minimum atomic E-state index is -0.813. The van der Waals surface area contributed by atoms with E-state index in [9.17, 15) is 9.90 Å². The number of carbonyl (C=O) groups is 1. The molecule has 0 radical (unpaired) electrons. The third-order valence-electron chi connectivity index (χ3n) is 1.46. The van der Waals surface area contributed by atoms with Gasteiger partial charge in [0.05, 0.1) is 12.2 Å². The molecule has 72 valence electrons. The summed E-state index contributed by atoms with van der Waals surface area (Å²) in [5, 5.41) is 9.96. The number of hydrogen-bond acceptors (Lipinski definition) is 3. The van der Waals surface area contributed by atoms with Gasteiger partial charge in [-0.2, -0.15) is 0 Å². The summed E-state index contributed by atoms with van der Waals surface area (Å²) in [5.41, 5.74) is -0.813. The maximum absolute atomic E-state index is 10.9. The SMILES string of the molecule is CCOC(=O)CCC(C)(O)CBr. The van der Waals surface area contributed by atoms with Crippen molar-refractivity contribution in [1.82, 2.24) is 0 Å². The van der Waals surface area contributed by atoms with Gasteiger partial charge < -0.3 is 9.84 Å². The molecular formula is C8H15BrO3. The maximum Gasteiger partial charge on any atom is 0.305 e. The van der Waals surface area contributed by atoms with Crippen LogP contribution in [0.25, 0.3) is 0 Å². The largest absolute Gasteiger partial charge is 0.466 e. The van der Waals surface area contributed by atoms with Crippen LogP contribution in [-0.4, -0.2) is 28.6 Å². The Morgan fingerprint density at radius 1 is 1.67 bits per heavy atom. The first-order chi connectivity index (χ1) is 5.52. The molecule has 12 heavy (non-hydrogen) atoms. The molecule has 0 aromatic carbocycles. The summed E-state index contributed by atoms with van der Waals surface area (Å²) in [5.74, 6) is -0.251. The number of aliphatic hydroxyl groups is 1. The van der Waals surface area contributed by atoms with Gasteiger partial charge in [0.1, 0.15) is 0 Å². The number of alkyl halides is 1. The van der Waals surface area contributed by atoms with Crippen molar-refractivity contribution >= 4 is 21.9 Å². The van der Waals surface area contributed by atoms with Crippen LogP contribution in [0.2, 0.25) is 0 Å². The molecule has 0 saturated carbocycles. The molecule has 1 N–H and O–H groups in total. The topological polar surface area (TPSA) is 46.5 Å². The zero-order chi connectivity index (χ0) is 9.61. The molecule has 4 heteroatoms. The lowest BCUT2D eigenvalue weighted by molar-refractivity contribution is -0.144. The van der Waals surface area contributed by atoms with Gasteiger partial charge in [-0.25, -0.2) is 0 Å². The van der Waals surface area contributed by atoms with Crippen LogP contribution in [0.15, 0.2) is 0 Å². The fourth-order valence-electron chi connectivity index (χ4n) is 0.671. The van der Waals surface area contributed by atoms with Crippen LogP contribution in [0.1, 0.15) is 26.7 Å². The third-order valence-corrected chi connectivity index (χ3v) is 2.67. The fourth-order valence-corrected chi connectivity index (χ4v) is 0.952. The van der Waals surface area contributed by atoms with Crippen LogP contribution in [0.4, 0.5) is 0 Å². The van der Waals surface area contributed by atoms with Crippen molar-refractivity contribution in [2.24, 2.45) is 0 Å². The lowest BCUT2D eigenvalue weighted by Crippen LogP contribution is -2.27. The Morgan fingerprint density at radius 3 is 2.67 bits per heavy atom. The summed E-state index contributed by atoms with van der Waals surface area (Å²) in [7, 11) is 0. The molecule has 0 aliphatic rings. The van der Waals surface area contributed by atoms with Crippen LogP contribution in [0, 0.1) is 0 Å². The highest BCUT2D eigenvalue weighted by molar-refractivity contribution is 9.09. The van der Waals surface area contributed by atoms with E-state index in [-0.39, 0.29) is 12.4 Å². The second-order valence-electron chi connectivity index (χ2n) is 2.94. The Kier molecular flexibility index (Phi) is 5.50. The quantitative estimate of drug-likeness (QED) is 0.583. The Hall–Kier alpha value is -0.0900. The normalized spacial score (nSPS) is 15.3. The molecule has 0 spiro atoms. The number of ether oxygens (including phenoxy) is 1. The molecule has 0 aromatic heterocycles. The predicted octanol–water partition coefficient (Wildman–Crippen LogP) is 1.48. The lowest BCUT2D eigenvalue weighted by Gasteiger charge is -2.18. The smallest absolute Gasteiger partial charge is 0.305 e. The fraction of sp³-hybridized carbons (Fsp3) is 0.875. The molecular weight excluding hydrogens is 224 g/mol. The molecule has 1 atom stereocenters. The molecule has 0 fully saturated rings. The van der Waals surface area contributed by atoms with Crippen LogP contribution >= 0.6 is 15.9 Å². The highest BCUT2D eigenvalue weighted by Crippen LogP contribution is 2.14. The second-order valence-corrected chi connectivity index (χ2v) is 3.50. The number of halogens is 1. The molecule has 0 saturated heterocycles. The van der Waals surface area contributed by atoms with Gasteiger partial charge in [-0.15, -0.1) is 0 Å². The Labute approximate surface area is 81.2 Å². The molecule has 0 amide bonds.